The second kappa shape index (κ2) is 4.88. The van der Waals surface area contributed by atoms with E-state index < -0.39 is 11.7 Å². The summed E-state index contributed by atoms with van der Waals surface area (Å²) >= 11 is 0. The molecule has 5 nitrogen and oxygen atoms in total. The molecular weight excluding hydrogens is 261 g/mol. The third-order valence-electron chi connectivity index (χ3n) is 3.31. The average molecular weight is 273 g/mol. The highest BCUT2D eigenvalue weighted by molar-refractivity contribution is 6.05. The molecule has 0 saturated heterocycles. The molecular formula is C14H12FN3O2. The van der Waals surface area contributed by atoms with E-state index in [4.69, 9.17) is 0 Å². The van der Waals surface area contributed by atoms with Crippen molar-refractivity contribution in [1.29, 1.82) is 0 Å². The topological polar surface area (TPSA) is 66.1 Å². The Labute approximate surface area is 114 Å². The lowest BCUT2D eigenvalue weighted by Gasteiger charge is -2.29. The molecule has 2 heterocycles. The molecule has 0 radical (unpaired) electrons. The van der Waals surface area contributed by atoms with E-state index in [-0.39, 0.29) is 11.3 Å². The number of aryl methyl sites for hydroxylation is 1. The zero-order valence-corrected chi connectivity index (χ0v) is 10.6. The summed E-state index contributed by atoms with van der Waals surface area (Å²) in [6.07, 6.45) is 1.52. The van der Waals surface area contributed by atoms with E-state index in [9.17, 15) is 14.0 Å². The van der Waals surface area contributed by atoms with Crippen LogP contribution in [-0.4, -0.2) is 22.6 Å². The van der Waals surface area contributed by atoms with Gasteiger partial charge in [0, 0.05) is 12.6 Å². The highest BCUT2D eigenvalue weighted by Gasteiger charge is 2.27. The number of anilines is 1. The largest absolute Gasteiger partial charge is 0.304 e. The van der Waals surface area contributed by atoms with E-state index in [1.54, 1.807) is 6.07 Å². The number of halogens is 1. The van der Waals surface area contributed by atoms with Gasteiger partial charge in [0.1, 0.15) is 11.5 Å². The summed E-state index contributed by atoms with van der Waals surface area (Å²) in [5.41, 5.74) is 0.846. The minimum absolute atomic E-state index is 0.0979. The maximum Gasteiger partial charge on any atom is 0.278 e. The Kier molecular flexibility index (Phi) is 3.06. The van der Waals surface area contributed by atoms with E-state index in [2.05, 4.69) is 10.2 Å². The number of nitrogens with one attached hydrogen (secondary N) is 1. The first-order valence-corrected chi connectivity index (χ1v) is 6.32. The van der Waals surface area contributed by atoms with Gasteiger partial charge in [-0.3, -0.25) is 9.59 Å². The lowest BCUT2D eigenvalue weighted by molar-refractivity contribution is 0.0978. The number of amides is 1. The van der Waals surface area contributed by atoms with Crippen molar-refractivity contribution in [3.05, 3.63) is 57.8 Å². The first-order chi connectivity index (χ1) is 9.66. The van der Waals surface area contributed by atoms with Gasteiger partial charge >= 0.3 is 0 Å². The number of H-pyrrole nitrogens is 1. The Morgan fingerprint density at radius 1 is 1.30 bits per heavy atom. The number of rotatable bonds is 1. The molecule has 1 N–H and O–H groups in total. The molecule has 1 aliphatic heterocycles. The van der Waals surface area contributed by atoms with Crippen LogP contribution in [0, 0.1) is 5.82 Å². The summed E-state index contributed by atoms with van der Waals surface area (Å²) in [6.45, 7) is 0.438. The van der Waals surface area contributed by atoms with Gasteiger partial charge in [-0.1, -0.05) is 12.1 Å². The van der Waals surface area contributed by atoms with E-state index >= 15 is 0 Å². The number of carbonyl (C=O) groups excluding carboxylic acids is 1. The molecule has 0 aliphatic carbocycles. The van der Waals surface area contributed by atoms with Crippen LogP contribution in [0.2, 0.25) is 0 Å². The first kappa shape index (κ1) is 12.5. The minimum Gasteiger partial charge on any atom is -0.304 e. The van der Waals surface area contributed by atoms with Gasteiger partial charge < -0.3 is 4.90 Å². The van der Waals surface area contributed by atoms with Gasteiger partial charge in [-0.15, -0.1) is 0 Å². The third kappa shape index (κ3) is 2.09. The summed E-state index contributed by atoms with van der Waals surface area (Å²) < 4.78 is 14.0. The molecule has 0 bridgehead atoms. The van der Waals surface area contributed by atoms with Crippen molar-refractivity contribution < 1.29 is 9.18 Å². The maximum atomic E-state index is 14.0. The second-order valence-electron chi connectivity index (χ2n) is 4.61. The normalized spacial score (nSPS) is 13.9. The van der Waals surface area contributed by atoms with Crippen LogP contribution in [0.25, 0.3) is 0 Å². The number of nitrogens with zero attached hydrogens (tertiary/aromatic N) is 2. The van der Waals surface area contributed by atoms with Crippen molar-refractivity contribution in [2.75, 3.05) is 11.4 Å². The molecule has 0 spiro atoms. The van der Waals surface area contributed by atoms with Crippen molar-refractivity contribution in [1.82, 2.24) is 10.2 Å². The van der Waals surface area contributed by atoms with E-state index in [0.717, 1.165) is 18.4 Å². The summed E-state index contributed by atoms with van der Waals surface area (Å²) in [5.74, 6) is -0.827. The monoisotopic (exact) mass is 273 g/mol. The maximum absolute atomic E-state index is 14.0. The highest BCUT2D eigenvalue weighted by atomic mass is 19.1. The summed E-state index contributed by atoms with van der Waals surface area (Å²) in [5, 5.41) is 5.92. The van der Waals surface area contributed by atoms with Gasteiger partial charge in [0.05, 0.1) is 5.69 Å². The van der Waals surface area contributed by atoms with Crippen LogP contribution in [0.1, 0.15) is 22.5 Å². The van der Waals surface area contributed by atoms with Crippen LogP contribution in [0.3, 0.4) is 0 Å². The zero-order valence-electron chi connectivity index (χ0n) is 10.6. The molecule has 2 aromatic rings. The number of hydrogen-bond donors (Lipinski definition) is 1. The predicted octanol–water partition coefficient (Wildman–Crippen LogP) is 1.50. The molecule has 20 heavy (non-hydrogen) atoms. The quantitative estimate of drug-likeness (QED) is 0.856. The van der Waals surface area contributed by atoms with Crippen molar-refractivity contribution in [3.8, 4) is 0 Å². The molecule has 0 unspecified atom stereocenters. The van der Waals surface area contributed by atoms with Crippen LogP contribution in [0.5, 0.6) is 0 Å². The van der Waals surface area contributed by atoms with Crippen LogP contribution in [0.4, 0.5) is 10.1 Å². The number of para-hydroxylation sites is 1. The van der Waals surface area contributed by atoms with Crippen LogP contribution in [0.15, 0.2) is 35.1 Å². The van der Waals surface area contributed by atoms with E-state index in [1.807, 2.05) is 6.07 Å². The van der Waals surface area contributed by atoms with E-state index in [0.29, 0.717) is 12.2 Å². The fourth-order valence-corrected chi connectivity index (χ4v) is 2.41. The van der Waals surface area contributed by atoms with Gasteiger partial charge in [0.15, 0.2) is 0 Å². The number of benzene rings is 1. The van der Waals surface area contributed by atoms with Gasteiger partial charge in [0.25, 0.3) is 11.5 Å². The fourth-order valence-electron chi connectivity index (χ4n) is 2.41. The SMILES string of the molecule is O=C(c1ccc(=O)[nH]n1)N1CCCc2cccc(F)c21. The number of aromatic nitrogens is 2. The van der Waals surface area contributed by atoms with Gasteiger partial charge in [-0.25, -0.2) is 9.49 Å². The van der Waals surface area contributed by atoms with Gasteiger partial charge in [-0.2, -0.15) is 5.10 Å². The van der Waals surface area contributed by atoms with Gasteiger partial charge in [-0.05, 0) is 30.5 Å². The standard InChI is InChI=1S/C14H12FN3O2/c15-10-5-1-3-9-4-2-8-18(13(9)10)14(20)11-6-7-12(19)17-16-11/h1,3,5-7H,2,4,8H2,(H,17,19). The molecule has 102 valence electrons. The van der Waals surface area contributed by atoms with Crippen LogP contribution in [-0.2, 0) is 6.42 Å². The molecule has 1 aromatic heterocycles. The van der Waals surface area contributed by atoms with Crippen LogP contribution < -0.4 is 10.5 Å². The number of carbonyl (C=O) groups is 1. The Morgan fingerprint density at radius 2 is 2.15 bits per heavy atom. The molecule has 1 aliphatic rings. The van der Waals surface area contributed by atoms with Crippen molar-refractivity contribution in [2.24, 2.45) is 0 Å². The molecule has 0 fully saturated rings. The molecule has 0 atom stereocenters. The zero-order chi connectivity index (χ0) is 14.1. The summed E-state index contributed by atoms with van der Waals surface area (Å²) in [7, 11) is 0. The summed E-state index contributed by atoms with van der Waals surface area (Å²) in [4.78, 5) is 24.8. The van der Waals surface area contributed by atoms with Crippen molar-refractivity contribution in [3.63, 3.8) is 0 Å². The van der Waals surface area contributed by atoms with Crippen molar-refractivity contribution in [2.45, 2.75) is 12.8 Å². The number of aromatic amines is 1. The molecule has 0 saturated carbocycles. The van der Waals surface area contributed by atoms with E-state index in [1.165, 1.54) is 23.1 Å². The molecule has 3 rings (SSSR count). The lowest BCUT2D eigenvalue weighted by Crippen LogP contribution is -2.37. The Morgan fingerprint density at radius 3 is 2.90 bits per heavy atom. The fraction of sp³-hybridized carbons (Fsp3) is 0.214. The third-order valence-corrected chi connectivity index (χ3v) is 3.31. The average Bonchev–Trinajstić information content (AvgIpc) is 2.47. The van der Waals surface area contributed by atoms with Gasteiger partial charge in [0.2, 0.25) is 0 Å². The minimum atomic E-state index is -0.417. The second-order valence-corrected chi connectivity index (χ2v) is 4.61. The molecule has 6 heteroatoms. The molecule has 1 amide bonds. The number of hydrogen-bond acceptors (Lipinski definition) is 3. The Hall–Kier alpha value is -2.50. The Balaban J connectivity index is 2.02. The number of fused-ring (bicyclic) bond motifs is 1. The highest BCUT2D eigenvalue weighted by Crippen LogP contribution is 2.30. The Bertz CT molecular complexity index is 706. The predicted molar refractivity (Wildman–Crippen MR) is 71.3 cm³/mol. The smallest absolute Gasteiger partial charge is 0.278 e. The molecule has 1 aromatic carbocycles. The van der Waals surface area contributed by atoms with Crippen molar-refractivity contribution >= 4 is 11.6 Å². The first-order valence-electron chi connectivity index (χ1n) is 6.32. The lowest BCUT2D eigenvalue weighted by atomic mass is 10.0. The summed E-state index contributed by atoms with van der Waals surface area (Å²) in [6, 6.07) is 7.37. The van der Waals surface area contributed by atoms with Crippen LogP contribution >= 0.6 is 0 Å².